The van der Waals surface area contributed by atoms with Crippen LogP contribution in [0.15, 0.2) is 24.3 Å². The van der Waals surface area contributed by atoms with Crippen LogP contribution < -0.4 is 10.6 Å². The highest BCUT2D eigenvalue weighted by molar-refractivity contribution is 5.97. The van der Waals surface area contributed by atoms with Gasteiger partial charge in [0, 0.05) is 17.6 Å². The van der Waals surface area contributed by atoms with E-state index in [1.54, 1.807) is 0 Å². The maximum absolute atomic E-state index is 12.9. The summed E-state index contributed by atoms with van der Waals surface area (Å²) in [6.07, 6.45) is 4.12. The minimum absolute atomic E-state index is 0.0494. The summed E-state index contributed by atoms with van der Waals surface area (Å²) >= 11 is 0. The molecular weight excluding hydrogens is 382 g/mol. The second-order valence-electron chi connectivity index (χ2n) is 9.37. The fraction of sp³-hybridized carbons (Fsp3) is 0.609. The van der Waals surface area contributed by atoms with E-state index < -0.39 is 17.0 Å². The van der Waals surface area contributed by atoms with Crippen molar-refractivity contribution < 1.29 is 19.5 Å². The Morgan fingerprint density at radius 1 is 1.00 bits per heavy atom. The minimum Gasteiger partial charge on any atom is -0.380 e. The van der Waals surface area contributed by atoms with Gasteiger partial charge >= 0.3 is 0 Å². The van der Waals surface area contributed by atoms with E-state index in [0.717, 1.165) is 18.4 Å². The molecule has 0 radical (unpaired) electrons. The predicted molar refractivity (Wildman–Crippen MR) is 112 cm³/mol. The average Bonchev–Trinajstić information content (AvgIpc) is 3.63. The van der Waals surface area contributed by atoms with Gasteiger partial charge < -0.3 is 20.6 Å². The Labute approximate surface area is 177 Å². The van der Waals surface area contributed by atoms with E-state index in [1.165, 1.54) is 0 Å². The minimum atomic E-state index is -1.28. The fourth-order valence-corrected chi connectivity index (χ4v) is 4.29. The number of likely N-dealkylation sites (tertiary alicyclic amines) is 1. The number of nitrogens with zero attached hydrogens (tertiary/aromatic N) is 1. The molecule has 3 atom stereocenters. The monoisotopic (exact) mass is 413 g/mol. The Hall–Kier alpha value is -2.41. The van der Waals surface area contributed by atoms with Gasteiger partial charge in [0.1, 0.15) is 11.1 Å². The molecule has 1 aromatic carbocycles. The van der Waals surface area contributed by atoms with Crippen LogP contribution in [0.5, 0.6) is 0 Å². The normalized spacial score (nSPS) is 26.6. The number of hydrogen-bond donors (Lipinski definition) is 3. The molecule has 2 aliphatic carbocycles. The van der Waals surface area contributed by atoms with Gasteiger partial charge in [-0.2, -0.15) is 0 Å². The molecule has 0 bridgehead atoms. The van der Waals surface area contributed by atoms with Crippen molar-refractivity contribution in [2.24, 2.45) is 0 Å². The molecule has 1 saturated heterocycles. The molecule has 2 saturated carbocycles. The molecule has 1 aromatic rings. The van der Waals surface area contributed by atoms with Crippen LogP contribution in [0, 0.1) is 0 Å². The van der Waals surface area contributed by atoms with Crippen molar-refractivity contribution in [2.45, 2.75) is 88.6 Å². The molecule has 162 valence electrons. The van der Waals surface area contributed by atoms with Crippen LogP contribution in [-0.4, -0.2) is 51.0 Å². The van der Waals surface area contributed by atoms with Crippen LogP contribution >= 0.6 is 0 Å². The lowest BCUT2D eigenvalue weighted by Gasteiger charge is -2.26. The second kappa shape index (κ2) is 7.38. The first-order valence-corrected chi connectivity index (χ1v) is 10.9. The number of rotatable bonds is 6. The predicted octanol–water partition coefficient (Wildman–Crippen LogP) is 2.05. The van der Waals surface area contributed by atoms with Crippen LogP contribution in [-0.2, 0) is 9.59 Å². The van der Waals surface area contributed by atoms with Crippen molar-refractivity contribution in [1.82, 2.24) is 15.5 Å². The van der Waals surface area contributed by atoms with E-state index >= 15 is 0 Å². The molecule has 3 aliphatic rings. The molecule has 0 aromatic heterocycles. The Balaban J connectivity index is 1.37. The first kappa shape index (κ1) is 20.8. The first-order chi connectivity index (χ1) is 14.2. The fourth-order valence-electron chi connectivity index (χ4n) is 4.29. The number of aliphatic hydroxyl groups is 1. The highest BCUT2D eigenvalue weighted by Gasteiger charge is 2.56. The molecule has 0 spiro atoms. The molecule has 3 N–H and O–H groups in total. The van der Waals surface area contributed by atoms with Crippen molar-refractivity contribution in [3.8, 4) is 0 Å². The highest BCUT2D eigenvalue weighted by atomic mass is 16.3. The van der Waals surface area contributed by atoms with Crippen LogP contribution in [0.1, 0.15) is 81.3 Å². The molecule has 1 aliphatic heterocycles. The van der Waals surface area contributed by atoms with Crippen molar-refractivity contribution >= 4 is 17.7 Å². The van der Waals surface area contributed by atoms with Crippen molar-refractivity contribution in [3.05, 3.63) is 35.4 Å². The van der Waals surface area contributed by atoms with Gasteiger partial charge in [0.05, 0.1) is 6.04 Å². The van der Waals surface area contributed by atoms with Gasteiger partial charge in [0.15, 0.2) is 0 Å². The second-order valence-corrected chi connectivity index (χ2v) is 9.37. The van der Waals surface area contributed by atoms with E-state index in [9.17, 15) is 19.5 Å². The zero-order chi connectivity index (χ0) is 21.7. The van der Waals surface area contributed by atoms with Crippen LogP contribution in [0.2, 0.25) is 0 Å². The maximum Gasteiger partial charge on any atom is 0.254 e. The summed E-state index contributed by atoms with van der Waals surface area (Å²) in [5.74, 6) is -0.628. The number of carbonyl (C=O) groups is 3. The topological polar surface area (TPSA) is 98.7 Å². The van der Waals surface area contributed by atoms with Crippen molar-refractivity contribution in [2.75, 3.05) is 0 Å². The summed E-state index contributed by atoms with van der Waals surface area (Å²) in [6, 6.07) is 7.62. The third-order valence-electron chi connectivity index (χ3n) is 6.88. The largest absolute Gasteiger partial charge is 0.380 e. The van der Waals surface area contributed by atoms with Crippen LogP contribution in [0.4, 0.5) is 0 Å². The Kier molecular flexibility index (Phi) is 5.12. The summed E-state index contributed by atoms with van der Waals surface area (Å²) in [5, 5.41) is 15.6. The van der Waals surface area contributed by atoms with Gasteiger partial charge in [0.25, 0.3) is 11.8 Å². The number of carbonyl (C=O) groups excluding carboxylic acids is 3. The zero-order valence-corrected chi connectivity index (χ0v) is 17.9. The molecule has 7 nitrogen and oxygen atoms in total. The van der Waals surface area contributed by atoms with Gasteiger partial charge in [-0.15, -0.1) is 0 Å². The molecule has 3 fully saturated rings. The third-order valence-corrected chi connectivity index (χ3v) is 6.88. The third kappa shape index (κ3) is 3.83. The first-order valence-electron chi connectivity index (χ1n) is 10.9. The Morgan fingerprint density at radius 2 is 1.57 bits per heavy atom. The molecule has 4 rings (SSSR count). The standard InChI is InChI=1S/C23H31N3O4/c1-14-4-5-15(2)26(14)19(27)18-8-6-17(7-9-18)16(3)24-20(28)22(10-11-22)25-21(29)23(30)12-13-23/h6-9,14-16,30H,4-5,10-13H2,1-3H3,(H,24,28)(H,25,29)/t14?,15?,16-/m1/s1. The quantitative estimate of drug-likeness (QED) is 0.665. The van der Waals surface area contributed by atoms with Crippen molar-refractivity contribution in [1.29, 1.82) is 0 Å². The average molecular weight is 414 g/mol. The number of nitrogens with one attached hydrogen (secondary N) is 2. The van der Waals surface area contributed by atoms with Gasteiger partial charge in [-0.25, -0.2) is 0 Å². The molecule has 2 unspecified atom stereocenters. The van der Waals surface area contributed by atoms with Crippen LogP contribution in [0.3, 0.4) is 0 Å². The highest BCUT2D eigenvalue weighted by Crippen LogP contribution is 2.40. The maximum atomic E-state index is 12.9. The van der Waals surface area contributed by atoms with Crippen molar-refractivity contribution in [3.63, 3.8) is 0 Å². The molecule has 7 heteroatoms. The van der Waals surface area contributed by atoms with Gasteiger partial charge in [-0.1, -0.05) is 12.1 Å². The molecule has 1 heterocycles. The molecular formula is C23H31N3O4. The lowest BCUT2D eigenvalue weighted by atomic mass is 10.0. The lowest BCUT2D eigenvalue weighted by Crippen LogP contribution is -2.52. The van der Waals surface area contributed by atoms with Gasteiger partial charge in [-0.05, 0) is 77.0 Å². The van der Waals surface area contributed by atoms with E-state index in [-0.39, 0.29) is 29.9 Å². The Morgan fingerprint density at radius 3 is 2.07 bits per heavy atom. The smallest absolute Gasteiger partial charge is 0.254 e. The summed E-state index contributed by atoms with van der Waals surface area (Å²) in [5.41, 5.74) is -0.637. The Bertz CT molecular complexity index is 848. The zero-order valence-electron chi connectivity index (χ0n) is 17.9. The number of benzene rings is 1. The van der Waals surface area contributed by atoms with E-state index in [4.69, 9.17) is 0 Å². The number of hydrogen-bond acceptors (Lipinski definition) is 4. The van der Waals surface area contributed by atoms with E-state index in [0.29, 0.717) is 31.2 Å². The summed E-state index contributed by atoms with van der Waals surface area (Å²) in [4.78, 5) is 39.7. The van der Waals surface area contributed by atoms with Gasteiger partial charge in [0.2, 0.25) is 5.91 Å². The van der Waals surface area contributed by atoms with E-state index in [1.807, 2.05) is 36.1 Å². The lowest BCUT2D eigenvalue weighted by molar-refractivity contribution is -0.136. The SMILES string of the molecule is CC1CCC(C)N1C(=O)c1ccc([C@@H](C)NC(=O)C2(NC(=O)C3(O)CC3)CC2)cc1. The summed E-state index contributed by atoms with van der Waals surface area (Å²) in [7, 11) is 0. The van der Waals surface area contributed by atoms with Crippen LogP contribution in [0.25, 0.3) is 0 Å². The summed E-state index contributed by atoms with van der Waals surface area (Å²) in [6.45, 7) is 6.05. The molecule has 30 heavy (non-hydrogen) atoms. The van der Waals surface area contributed by atoms with Gasteiger partial charge in [-0.3, -0.25) is 14.4 Å². The number of amides is 3. The van der Waals surface area contributed by atoms with E-state index in [2.05, 4.69) is 24.5 Å². The summed E-state index contributed by atoms with van der Waals surface area (Å²) < 4.78 is 0. The molecule has 3 amide bonds.